The van der Waals surface area contributed by atoms with Gasteiger partial charge in [0.05, 0.1) is 5.56 Å². The maximum absolute atomic E-state index is 13.5. The molecule has 2 rings (SSSR count). The Morgan fingerprint density at radius 2 is 2.00 bits per heavy atom. The van der Waals surface area contributed by atoms with Crippen LogP contribution in [-0.2, 0) is 0 Å². The summed E-state index contributed by atoms with van der Waals surface area (Å²) in [4.78, 5) is 12.3. The van der Waals surface area contributed by atoms with E-state index < -0.39 is 11.9 Å². The second kappa shape index (κ2) is 6.67. The van der Waals surface area contributed by atoms with Crippen molar-refractivity contribution in [3.05, 3.63) is 65.5 Å². The fraction of sp³-hybridized carbons (Fsp3) is 0.176. The summed E-state index contributed by atoms with van der Waals surface area (Å²) in [5.41, 5.74) is 0.503. The number of benzene rings is 2. The minimum atomic E-state index is -0.681. The van der Waals surface area contributed by atoms with Crippen LogP contribution in [0.25, 0.3) is 0 Å². The van der Waals surface area contributed by atoms with Crippen molar-refractivity contribution < 1.29 is 13.9 Å². The molecule has 0 radical (unpaired) electrons. The van der Waals surface area contributed by atoms with Gasteiger partial charge in [-0.15, -0.1) is 0 Å². The molecule has 21 heavy (non-hydrogen) atoms. The van der Waals surface area contributed by atoms with Crippen LogP contribution in [0, 0.1) is 17.1 Å². The third-order valence-electron chi connectivity index (χ3n) is 3.06. The first kappa shape index (κ1) is 14.7. The smallest absolute Gasteiger partial charge is 0.203 e. The Balaban J connectivity index is 2.18. The van der Waals surface area contributed by atoms with Crippen LogP contribution in [0.3, 0.4) is 0 Å². The fourth-order valence-corrected chi connectivity index (χ4v) is 1.93. The summed E-state index contributed by atoms with van der Waals surface area (Å²) < 4.78 is 19.1. The largest absolute Gasteiger partial charge is 0.482 e. The molecule has 2 aromatic carbocycles. The van der Waals surface area contributed by atoms with Gasteiger partial charge in [-0.05, 0) is 18.6 Å². The van der Waals surface area contributed by atoms with E-state index in [1.54, 1.807) is 30.3 Å². The van der Waals surface area contributed by atoms with Crippen LogP contribution < -0.4 is 4.74 Å². The van der Waals surface area contributed by atoms with Gasteiger partial charge in [-0.2, -0.15) is 5.26 Å². The second-order valence-corrected chi connectivity index (χ2v) is 4.50. The first-order valence-corrected chi connectivity index (χ1v) is 6.61. The maximum atomic E-state index is 13.5. The summed E-state index contributed by atoms with van der Waals surface area (Å²) in [5.74, 6) is -0.567. The quantitative estimate of drug-likeness (QED) is 0.785. The van der Waals surface area contributed by atoms with Crippen molar-refractivity contribution in [2.75, 3.05) is 0 Å². The molecule has 0 aliphatic heterocycles. The SMILES string of the molecule is CCC(Oc1ccc(C#N)c(F)c1)C(=O)c1ccccc1. The van der Waals surface area contributed by atoms with Crippen LogP contribution in [0.4, 0.5) is 4.39 Å². The van der Waals surface area contributed by atoms with E-state index in [4.69, 9.17) is 10.00 Å². The number of hydrogen-bond donors (Lipinski definition) is 0. The zero-order valence-electron chi connectivity index (χ0n) is 11.5. The van der Waals surface area contributed by atoms with Crippen LogP contribution in [0.1, 0.15) is 29.3 Å². The second-order valence-electron chi connectivity index (χ2n) is 4.50. The number of hydrogen-bond acceptors (Lipinski definition) is 3. The highest BCUT2D eigenvalue weighted by Crippen LogP contribution is 2.19. The molecule has 0 heterocycles. The van der Waals surface area contributed by atoms with Crippen LogP contribution in [-0.4, -0.2) is 11.9 Å². The molecule has 0 aliphatic rings. The molecule has 4 heteroatoms. The van der Waals surface area contributed by atoms with Crippen molar-refractivity contribution in [2.45, 2.75) is 19.4 Å². The van der Waals surface area contributed by atoms with Crippen LogP contribution in [0.15, 0.2) is 48.5 Å². The van der Waals surface area contributed by atoms with Gasteiger partial charge in [-0.25, -0.2) is 4.39 Å². The third-order valence-corrected chi connectivity index (χ3v) is 3.06. The molecule has 0 saturated carbocycles. The van der Waals surface area contributed by atoms with Gasteiger partial charge in [0.15, 0.2) is 6.10 Å². The van der Waals surface area contributed by atoms with Gasteiger partial charge >= 0.3 is 0 Å². The Bertz CT molecular complexity index is 677. The van der Waals surface area contributed by atoms with Crippen molar-refractivity contribution in [1.29, 1.82) is 5.26 Å². The molecule has 0 saturated heterocycles. The lowest BCUT2D eigenvalue weighted by atomic mass is 10.0. The predicted octanol–water partition coefficient (Wildman–Crippen LogP) is 3.74. The number of carbonyl (C=O) groups is 1. The number of Topliss-reactive ketones (excluding diaryl/α,β-unsaturated/α-hetero) is 1. The van der Waals surface area contributed by atoms with Crippen molar-refractivity contribution in [3.8, 4) is 11.8 Å². The summed E-state index contributed by atoms with van der Waals surface area (Å²) in [6.45, 7) is 1.82. The molecular formula is C17H14FNO2. The Kier molecular flexibility index (Phi) is 4.68. The summed E-state index contributed by atoms with van der Waals surface area (Å²) in [6, 6.07) is 14.5. The molecule has 0 aromatic heterocycles. The number of ketones is 1. The van der Waals surface area contributed by atoms with Gasteiger partial charge in [0.1, 0.15) is 17.6 Å². The molecule has 0 fully saturated rings. The first-order chi connectivity index (χ1) is 10.2. The minimum absolute atomic E-state index is 0.0511. The van der Waals surface area contributed by atoms with Gasteiger partial charge in [0, 0.05) is 11.6 Å². The summed E-state index contributed by atoms with van der Waals surface area (Å²) in [5, 5.41) is 8.69. The van der Waals surface area contributed by atoms with E-state index in [2.05, 4.69) is 0 Å². The molecule has 106 valence electrons. The van der Waals surface area contributed by atoms with Crippen LogP contribution >= 0.6 is 0 Å². The van der Waals surface area contributed by atoms with Gasteiger partial charge < -0.3 is 4.74 Å². The zero-order valence-corrected chi connectivity index (χ0v) is 11.5. The Morgan fingerprint density at radius 3 is 2.57 bits per heavy atom. The van der Waals surface area contributed by atoms with E-state index >= 15 is 0 Å². The average molecular weight is 283 g/mol. The van der Waals surface area contributed by atoms with Crippen molar-refractivity contribution in [2.24, 2.45) is 0 Å². The van der Waals surface area contributed by atoms with Crippen molar-refractivity contribution in [3.63, 3.8) is 0 Å². The topological polar surface area (TPSA) is 50.1 Å². The number of ether oxygens (including phenoxy) is 1. The monoisotopic (exact) mass is 283 g/mol. The first-order valence-electron chi connectivity index (χ1n) is 6.61. The molecule has 1 unspecified atom stereocenters. The number of nitrogens with zero attached hydrogens (tertiary/aromatic N) is 1. The molecule has 2 aromatic rings. The van der Waals surface area contributed by atoms with Gasteiger partial charge in [-0.1, -0.05) is 37.3 Å². The third kappa shape index (κ3) is 3.46. The number of halogens is 1. The highest BCUT2D eigenvalue weighted by Gasteiger charge is 2.20. The fourth-order valence-electron chi connectivity index (χ4n) is 1.93. The zero-order chi connectivity index (χ0) is 15.2. The van der Waals surface area contributed by atoms with Crippen molar-refractivity contribution >= 4 is 5.78 Å². The number of rotatable bonds is 5. The van der Waals surface area contributed by atoms with Crippen molar-refractivity contribution in [1.82, 2.24) is 0 Å². The lowest BCUT2D eigenvalue weighted by Crippen LogP contribution is -2.26. The molecule has 3 nitrogen and oxygen atoms in total. The van der Waals surface area contributed by atoms with Gasteiger partial charge in [0.2, 0.25) is 5.78 Å². The van der Waals surface area contributed by atoms with Crippen LogP contribution in [0.5, 0.6) is 5.75 Å². The van der Waals surface area contributed by atoms with E-state index in [1.165, 1.54) is 12.1 Å². The number of carbonyl (C=O) groups excluding carboxylic acids is 1. The summed E-state index contributed by atoms with van der Waals surface area (Å²) in [7, 11) is 0. The normalized spacial score (nSPS) is 11.5. The van der Waals surface area contributed by atoms with Gasteiger partial charge in [0.25, 0.3) is 0 Å². The van der Waals surface area contributed by atoms with E-state index in [9.17, 15) is 9.18 Å². The standard InChI is InChI=1S/C17H14FNO2/c1-2-16(17(20)12-6-4-3-5-7-12)21-14-9-8-13(11-19)15(18)10-14/h3-10,16H,2H2,1H3. The molecule has 0 bridgehead atoms. The van der Waals surface area contributed by atoms with E-state index in [0.29, 0.717) is 12.0 Å². The van der Waals surface area contributed by atoms with Gasteiger partial charge in [-0.3, -0.25) is 4.79 Å². The highest BCUT2D eigenvalue weighted by atomic mass is 19.1. The summed E-state index contributed by atoms with van der Waals surface area (Å²) in [6.07, 6.45) is -0.213. The maximum Gasteiger partial charge on any atom is 0.203 e. The van der Waals surface area contributed by atoms with E-state index in [0.717, 1.165) is 6.07 Å². The minimum Gasteiger partial charge on any atom is -0.482 e. The lowest BCUT2D eigenvalue weighted by Gasteiger charge is -2.16. The molecule has 1 atom stereocenters. The summed E-state index contributed by atoms with van der Waals surface area (Å²) >= 11 is 0. The Hall–Kier alpha value is -2.67. The predicted molar refractivity (Wildman–Crippen MR) is 76.6 cm³/mol. The Morgan fingerprint density at radius 1 is 1.29 bits per heavy atom. The van der Waals surface area contributed by atoms with E-state index in [1.807, 2.05) is 13.0 Å². The van der Waals surface area contributed by atoms with E-state index in [-0.39, 0.29) is 17.1 Å². The molecule has 0 spiro atoms. The molecular weight excluding hydrogens is 269 g/mol. The van der Waals surface area contributed by atoms with Crippen LogP contribution in [0.2, 0.25) is 0 Å². The Labute approximate surface area is 122 Å². The average Bonchev–Trinajstić information content (AvgIpc) is 2.53. The lowest BCUT2D eigenvalue weighted by molar-refractivity contribution is 0.0786. The molecule has 0 amide bonds. The number of nitriles is 1. The highest BCUT2D eigenvalue weighted by molar-refractivity contribution is 5.99. The molecule has 0 aliphatic carbocycles. The molecule has 0 N–H and O–H groups in total.